The summed E-state index contributed by atoms with van der Waals surface area (Å²) >= 11 is 0. The van der Waals surface area contributed by atoms with Crippen LogP contribution in [0.1, 0.15) is 18.9 Å². The summed E-state index contributed by atoms with van der Waals surface area (Å²) < 4.78 is 7.46. The van der Waals surface area contributed by atoms with Crippen LogP contribution in [0.3, 0.4) is 0 Å². The van der Waals surface area contributed by atoms with E-state index in [1.165, 1.54) is 0 Å². The van der Waals surface area contributed by atoms with Crippen LogP contribution in [0.15, 0.2) is 18.2 Å². The van der Waals surface area contributed by atoms with Gasteiger partial charge in [-0.2, -0.15) is 0 Å². The van der Waals surface area contributed by atoms with E-state index in [0.717, 1.165) is 42.2 Å². The predicted octanol–water partition coefficient (Wildman–Crippen LogP) is 1.66. The molecule has 106 valence electrons. The molecule has 0 bridgehead atoms. The van der Waals surface area contributed by atoms with Gasteiger partial charge in [-0.15, -0.1) is 5.10 Å². The molecule has 6 heteroatoms. The number of aromatic nitrogens is 4. The van der Waals surface area contributed by atoms with Crippen LogP contribution in [-0.2, 0) is 11.3 Å². The van der Waals surface area contributed by atoms with E-state index in [0.29, 0.717) is 5.92 Å². The highest BCUT2D eigenvalue weighted by Crippen LogP contribution is 2.27. The number of benzene rings is 1. The van der Waals surface area contributed by atoms with Crippen molar-refractivity contribution in [2.24, 2.45) is 5.92 Å². The van der Waals surface area contributed by atoms with Crippen LogP contribution in [0, 0.1) is 12.8 Å². The van der Waals surface area contributed by atoms with Gasteiger partial charge in [-0.3, -0.25) is 0 Å². The second kappa shape index (κ2) is 5.20. The van der Waals surface area contributed by atoms with Crippen LogP contribution in [0.2, 0.25) is 0 Å². The molecule has 0 aliphatic carbocycles. The van der Waals surface area contributed by atoms with Gasteiger partial charge in [0, 0.05) is 23.8 Å². The van der Waals surface area contributed by atoms with Crippen molar-refractivity contribution in [1.82, 2.24) is 20.2 Å². The summed E-state index contributed by atoms with van der Waals surface area (Å²) in [5.41, 5.74) is 8.72. The fourth-order valence-corrected chi connectivity index (χ4v) is 2.65. The van der Waals surface area contributed by atoms with Gasteiger partial charge in [-0.1, -0.05) is 12.1 Å². The normalized spacial score (nSPS) is 22.3. The van der Waals surface area contributed by atoms with Gasteiger partial charge >= 0.3 is 0 Å². The lowest BCUT2D eigenvalue weighted by molar-refractivity contribution is 0.101. The van der Waals surface area contributed by atoms with Crippen LogP contribution in [0.5, 0.6) is 0 Å². The van der Waals surface area contributed by atoms with Gasteiger partial charge in [0.15, 0.2) is 5.82 Å². The average Bonchev–Trinajstić information content (AvgIpc) is 3.04. The largest absolute Gasteiger partial charge is 0.398 e. The Morgan fingerprint density at radius 2 is 2.30 bits per heavy atom. The van der Waals surface area contributed by atoms with E-state index in [9.17, 15) is 0 Å². The fourth-order valence-electron chi connectivity index (χ4n) is 2.65. The summed E-state index contributed by atoms with van der Waals surface area (Å²) in [6.07, 6.45) is 1.31. The summed E-state index contributed by atoms with van der Waals surface area (Å²) in [6, 6.07) is 5.82. The molecule has 2 aromatic rings. The Morgan fingerprint density at radius 1 is 1.45 bits per heavy atom. The molecule has 0 amide bonds. The third-order valence-electron chi connectivity index (χ3n) is 4.09. The Balaban J connectivity index is 1.92. The minimum Gasteiger partial charge on any atom is -0.398 e. The van der Waals surface area contributed by atoms with Gasteiger partial charge in [0.1, 0.15) is 0 Å². The average molecular weight is 273 g/mol. The van der Waals surface area contributed by atoms with E-state index in [-0.39, 0.29) is 6.10 Å². The number of tetrazole rings is 1. The third kappa shape index (κ3) is 2.27. The highest BCUT2D eigenvalue weighted by Gasteiger charge is 2.26. The van der Waals surface area contributed by atoms with Crippen LogP contribution in [0.4, 0.5) is 5.69 Å². The SMILES string of the molecule is Cc1c(N)cccc1-c1nnnn1CC1CCOC1C. The fraction of sp³-hybridized carbons (Fsp3) is 0.500. The summed E-state index contributed by atoms with van der Waals surface area (Å²) in [6.45, 7) is 5.69. The minimum atomic E-state index is 0.258. The van der Waals surface area contributed by atoms with E-state index in [2.05, 4.69) is 22.4 Å². The van der Waals surface area contributed by atoms with E-state index in [1.807, 2.05) is 29.8 Å². The van der Waals surface area contributed by atoms with Crippen molar-refractivity contribution in [3.05, 3.63) is 23.8 Å². The van der Waals surface area contributed by atoms with Crippen LogP contribution in [-0.4, -0.2) is 32.9 Å². The van der Waals surface area contributed by atoms with E-state index >= 15 is 0 Å². The van der Waals surface area contributed by atoms with Gasteiger partial charge in [-0.05, 0) is 42.3 Å². The highest BCUT2D eigenvalue weighted by atomic mass is 16.5. The zero-order chi connectivity index (χ0) is 14.1. The first kappa shape index (κ1) is 13.1. The van der Waals surface area contributed by atoms with Crippen LogP contribution in [0.25, 0.3) is 11.4 Å². The second-order valence-electron chi connectivity index (χ2n) is 5.33. The number of hydrogen-bond donors (Lipinski definition) is 1. The van der Waals surface area contributed by atoms with Crippen molar-refractivity contribution in [3.63, 3.8) is 0 Å². The lowest BCUT2D eigenvalue weighted by Crippen LogP contribution is -2.19. The lowest BCUT2D eigenvalue weighted by Gasteiger charge is -2.15. The molecule has 0 saturated carbocycles. The Kier molecular flexibility index (Phi) is 3.40. The highest BCUT2D eigenvalue weighted by molar-refractivity contribution is 5.67. The predicted molar refractivity (Wildman–Crippen MR) is 75.9 cm³/mol. The van der Waals surface area contributed by atoms with Gasteiger partial charge < -0.3 is 10.5 Å². The standard InChI is InChI=1S/C14H19N5O/c1-9-12(4-3-5-13(9)15)14-16-17-18-19(14)8-11-6-7-20-10(11)2/h3-5,10-11H,6-8,15H2,1-2H3. The van der Waals surface area contributed by atoms with Crippen LogP contribution >= 0.6 is 0 Å². The monoisotopic (exact) mass is 273 g/mol. The summed E-state index contributed by atoms with van der Waals surface area (Å²) in [4.78, 5) is 0. The molecular formula is C14H19N5O. The molecule has 0 radical (unpaired) electrons. The number of hydrogen-bond acceptors (Lipinski definition) is 5. The lowest BCUT2D eigenvalue weighted by atomic mass is 10.0. The molecule has 1 saturated heterocycles. The summed E-state index contributed by atoms with van der Waals surface area (Å²) in [5.74, 6) is 1.23. The molecule has 0 spiro atoms. The minimum absolute atomic E-state index is 0.258. The summed E-state index contributed by atoms with van der Waals surface area (Å²) in [5, 5.41) is 12.1. The number of ether oxygens (including phenoxy) is 1. The molecule has 2 N–H and O–H groups in total. The van der Waals surface area contributed by atoms with Crippen molar-refractivity contribution < 1.29 is 4.74 Å². The first-order valence-corrected chi connectivity index (χ1v) is 6.90. The number of anilines is 1. The molecule has 3 rings (SSSR count). The maximum Gasteiger partial charge on any atom is 0.182 e. The van der Waals surface area contributed by atoms with Crippen molar-refractivity contribution >= 4 is 5.69 Å². The Bertz CT molecular complexity index is 609. The number of rotatable bonds is 3. The first-order chi connectivity index (χ1) is 9.66. The van der Waals surface area contributed by atoms with Crippen molar-refractivity contribution in [1.29, 1.82) is 0 Å². The quantitative estimate of drug-likeness (QED) is 0.860. The zero-order valence-corrected chi connectivity index (χ0v) is 11.8. The molecular weight excluding hydrogens is 254 g/mol. The number of nitrogens with two attached hydrogens (primary N) is 1. The van der Waals surface area contributed by atoms with E-state index in [1.54, 1.807) is 0 Å². The molecule has 20 heavy (non-hydrogen) atoms. The van der Waals surface area contributed by atoms with Crippen molar-refractivity contribution in [2.75, 3.05) is 12.3 Å². The molecule has 1 aliphatic heterocycles. The van der Waals surface area contributed by atoms with Gasteiger partial charge in [-0.25, -0.2) is 4.68 Å². The maximum atomic E-state index is 5.96. The molecule has 6 nitrogen and oxygen atoms in total. The van der Waals surface area contributed by atoms with Crippen molar-refractivity contribution in [3.8, 4) is 11.4 Å². The molecule has 1 aromatic heterocycles. The topological polar surface area (TPSA) is 78.9 Å². The van der Waals surface area contributed by atoms with Gasteiger partial charge in [0.2, 0.25) is 0 Å². The summed E-state index contributed by atoms with van der Waals surface area (Å²) in [7, 11) is 0. The number of nitrogens with zero attached hydrogens (tertiary/aromatic N) is 4. The molecule has 1 fully saturated rings. The molecule has 1 aliphatic rings. The van der Waals surface area contributed by atoms with Gasteiger partial charge in [0.25, 0.3) is 0 Å². The van der Waals surface area contributed by atoms with E-state index < -0.39 is 0 Å². The van der Waals surface area contributed by atoms with E-state index in [4.69, 9.17) is 10.5 Å². The molecule has 2 unspecified atom stereocenters. The first-order valence-electron chi connectivity index (χ1n) is 6.90. The molecule has 1 aromatic carbocycles. The van der Waals surface area contributed by atoms with Gasteiger partial charge in [0.05, 0.1) is 12.6 Å². The Morgan fingerprint density at radius 3 is 3.05 bits per heavy atom. The smallest absolute Gasteiger partial charge is 0.182 e. The van der Waals surface area contributed by atoms with Crippen LogP contribution < -0.4 is 5.73 Å². The zero-order valence-electron chi connectivity index (χ0n) is 11.8. The maximum absolute atomic E-state index is 5.96. The third-order valence-corrected chi connectivity index (χ3v) is 4.09. The number of nitrogen functional groups attached to an aromatic ring is 1. The molecule has 2 heterocycles. The Labute approximate surface area is 117 Å². The van der Waals surface area contributed by atoms with Crippen molar-refractivity contribution in [2.45, 2.75) is 32.9 Å². The second-order valence-corrected chi connectivity index (χ2v) is 5.33. The Hall–Kier alpha value is -1.95. The molecule has 2 atom stereocenters.